The SMILES string of the molecule is CCN(C)Cc1cc2cc(c1)CN1CCN(Cc3cc4cc(c3)CN3CCN(Cc5cc(cc(c5)CN5CCN(C2)C5)CN2CCN(Cc5cc(CN(C)C)cc(c5)CN5CCN(C4)C5)C2)C3)C1. The summed E-state index contributed by atoms with van der Waals surface area (Å²) in [5.74, 6) is 0. The minimum atomic E-state index is 0.974. The maximum atomic E-state index is 2.71. The zero-order valence-corrected chi connectivity index (χ0v) is 42.1. The Bertz CT molecular complexity index is 2220. The molecule has 11 rings (SSSR count). The van der Waals surface area contributed by atoms with E-state index in [1.54, 1.807) is 0 Å². The Labute approximate surface area is 408 Å². The van der Waals surface area contributed by atoms with Crippen LogP contribution in [0.1, 0.15) is 73.7 Å². The van der Waals surface area contributed by atoms with Crippen LogP contribution in [0.15, 0.2) is 72.8 Å². The number of rotatable bonds is 5. The van der Waals surface area contributed by atoms with E-state index in [0.717, 1.165) is 184 Å². The Morgan fingerprint density at radius 3 is 0.676 bits per heavy atom. The van der Waals surface area contributed by atoms with Gasteiger partial charge in [-0.25, -0.2) is 0 Å². The lowest BCUT2D eigenvalue weighted by Gasteiger charge is -2.24. The van der Waals surface area contributed by atoms with Gasteiger partial charge in [0.05, 0.1) is 33.3 Å². The molecule has 10 unspecified atom stereocenters. The average Bonchev–Trinajstić information content (AvgIpc) is 4.15. The summed E-state index contributed by atoms with van der Waals surface area (Å²) in [6.45, 7) is 31.7. The molecule has 7 aliphatic rings. The van der Waals surface area contributed by atoms with Crippen LogP contribution in [0.4, 0.5) is 0 Å². The van der Waals surface area contributed by atoms with Gasteiger partial charge in [0.1, 0.15) is 0 Å². The lowest BCUT2D eigenvalue weighted by atomic mass is 10.0. The van der Waals surface area contributed by atoms with Crippen LogP contribution in [0.25, 0.3) is 0 Å². The summed E-state index contributed by atoms with van der Waals surface area (Å²) in [6.07, 6.45) is 0. The molecular weight excluding hydrogens is 841 g/mol. The molecular formula is C56H80N12. The maximum Gasteiger partial charge on any atom is 0.0513 e. The fourth-order valence-corrected chi connectivity index (χ4v) is 12.6. The van der Waals surface area contributed by atoms with Gasteiger partial charge in [-0.1, -0.05) is 79.7 Å². The van der Waals surface area contributed by atoms with Crippen molar-refractivity contribution in [2.45, 2.75) is 85.5 Å². The molecule has 4 aromatic carbocycles. The van der Waals surface area contributed by atoms with Gasteiger partial charge in [0.25, 0.3) is 0 Å². The van der Waals surface area contributed by atoms with E-state index in [1.807, 2.05) is 0 Å². The molecule has 0 amide bonds. The largest absolute Gasteiger partial charge is 0.305 e. The predicted octanol–water partition coefficient (Wildman–Crippen LogP) is 5.20. The van der Waals surface area contributed by atoms with Crippen molar-refractivity contribution in [3.63, 3.8) is 0 Å². The van der Waals surface area contributed by atoms with E-state index >= 15 is 0 Å². The highest BCUT2D eigenvalue weighted by atomic mass is 15.4. The molecule has 0 spiro atoms. The Morgan fingerprint density at radius 2 is 0.485 bits per heavy atom. The van der Waals surface area contributed by atoms with Crippen LogP contribution in [-0.2, 0) is 78.5 Å². The molecule has 4 aromatic rings. The normalized spacial score (nSPS) is 30.8. The third-order valence-corrected chi connectivity index (χ3v) is 15.7. The molecule has 12 nitrogen and oxygen atoms in total. The van der Waals surface area contributed by atoms with Crippen molar-refractivity contribution < 1.29 is 0 Å². The van der Waals surface area contributed by atoms with Crippen LogP contribution in [0.5, 0.6) is 0 Å². The summed E-state index contributed by atoms with van der Waals surface area (Å²) in [6, 6.07) is 30.4. The highest BCUT2D eigenvalue weighted by molar-refractivity contribution is 5.34. The molecule has 7 heterocycles. The zero-order valence-electron chi connectivity index (χ0n) is 42.1. The van der Waals surface area contributed by atoms with Crippen molar-refractivity contribution in [3.05, 3.63) is 140 Å². The van der Waals surface area contributed by atoms with E-state index in [2.05, 4.69) is 160 Å². The van der Waals surface area contributed by atoms with Crippen LogP contribution in [-0.4, -0.2) is 185 Å². The Kier molecular flexibility index (Phi) is 14.4. The summed E-state index contributed by atoms with van der Waals surface area (Å²) >= 11 is 0. The molecule has 10 atom stereocenters. The number of fused-ring (bicyclic) bond motifs is 16. The van der Waals surface area contributed by atoms with Gasteiger partial charge in [-0.3, -0.25) is 49.0 Å². The molecule has 5 saturated heterocycles. The number of hydrogen-bond donors (Lipinski definition) is 0. The third-order valence-electron chi connectivity index (χ3n) is 15.7. The Hall–Kier alpha value is -3.60. The molecule has 0 aromatic heterocycles. The van der Waals surface area contributed by atoms with E-state index in [1.165, 1.54) is 66.8 Å². The van der Waals surface area contributed by atoms with Crippen LogP contribution in [0.2, 0.25) is 0 Å². The highest BCUT2D eigenvalue weighted by Crippen LogP contribution is 2.27. The van der Waals surface area contributed by atoms with E-state index in [-0.39, 0.29) is 0 Å². The summed E-state index contributed by atoms with van der Waals surface area (Å²) in [5.41, 5.74) is 17.6. The Morgan fingerprint density at radius 1 is 0.294 bits per heavy atom. The summed E-state index contributed by atoms with van der Waals surface area (Å²) < 4.78 is 0. The van der Waals surface area contributed by atoms with Crippen molar-refractivity contribution in [2.24, 2.45) is 0 Å². The monoisotopic (exact) mass is 921 g/mol. The van der Waals surface area contributed by atoms with Gasteiger partial charge in [-0.15, -0.1) is 0 Å². The number of benzene rings is 4. The zero-order chi connectivity index (χ0) is 46.1. The van der Waals surface area contributed by atoms with Crippen molar-refractivity contribution in [1.82, 2.24) is 58.8 Å². The van der Waals surface area contributed by atoms with Gasteiger partial charge < -0.3 is 9.80 Å². The minimum Gasteiger partial charge on any atom is -0.305 e. The van der Waals surface area contributed by atoms with E-state index in [9.17, 15) is 0 Å². The number of hydrogen-bond acceptors (Lipinski definition) is 12. The second-order valence-corrected chi connectivity index (χ2v) is 22.4. The van der Waals surface area contributed by atoms with E-state index < -0.39 is 0 Å². The van der Waals surface area contributed by atoms with Gasteiger partial charge in [-0.05, 0) is 94.4 Å². The first kappa shape index (κ1) is 46.8. The highest BCUT2D eigenvalue weighted by Gasteiger charge is 2.28. The third kappa shape index (κ3) is 12.1. The fourth-order valence-electron chi connectivity index (χ4n) is 12.6. The van der Waals surface area contributed by atoms with E-state index in [0.29, 0.717) is 0 Å². The summed E-state index contributed by atoms with van der Waals surface area (Å²) in [7, 11) is 6.66. The smallest absolute Gasteiger partial charge is 0.0513 e. The molecule has 0 aliphatic carbocycles. The standard InChI is InChI=1S/C56H80N12/c1-5-58(4)29-46-18-49-21-50(19-46)33-62-9-13-66(43-62)37-54-23-52-25-56(27-54)39-68-15-14-67(44-68)38-55-24-51(22-53(26-55)36-65-12-8-61(32-49)42-65)34-63-10-6-59(40-63)30-47-16-45(28-57(2)3)17-48(20-47)31-60-7-11-64(35-52)41-60/h16-27H,5-15,28-44H2,1-4H3. The number of nitrogens with zero attached hydrogens (tertiary/aromatic N) is 12. The lowest BCUT2D eigenvalue weighted by molar-refractivity contribution is 0.227. The van der Waals surface area contributed by atoms with Crippen LogP contribution >= 0.6 is 0 Å². The minimum absolute atomic E-state index is 0.974. The molecule has 5 fully saturated rings. The molecule has 7 aliphatic heterocycles. The molecule has 20 bridgehead atoms. The van der Waals surface area contributed by atoms with Crippen LogP contribution in [0.3, 0.4) is 0 Å². The molecule has 0 saturated carbocycles. The average molecular weight is 921 g/mol. The maximum absolute atomic E-state index is 2.71. The molecule has 12 heteroatoms. The van der Waals surface area contributed by atoms with Gasteiger partial charge in [0.15, 0.2) is 0 Å². The fraction of sp³-hybridized carbons (Fsp3) is 0.571. The lowest BCUT2D eigenvalue weighted by Crippen LogP contribution is -2.28. The summed E-state index contributed by atoms with van der Waals surface area (Å²) in [5, 5.41) is 0. The Balaban J connectivity index is 0.933. The predicted molar refractivity (Wildman–Crippen MR) is 274 cm³/mol. The van der Waals surface area contributed by atoms with Gasteiger partial charge in [0, 0.05) is 144 Å². The van der Waals surface area contributed by atoms with Crippen molar-refractivity contribution in [2.75, 3.05) is 126 Å². The van der Waals surface area contributed by atoms with Crippen molar-refractivity contribution in [1.29, 1.82) is 0 Å². The van der Waals surface area contributed by atoms with Gasteiger partial charge in [-0.2, -0.15) is 0 Å². The molecule has 364 valence electrons. The molecule has 0 radical (unpaired) electrons. The van der Waals surface area contributed by atoms with Gasteiger partial charge in [0.2, 0.25) is 0 Å². The first-order valence-electron chi connectivity index (χ1n) is 26.2. The molecule has 0 N–H and O–H groups in total. The van der Waals surface area contributed by atoms with Crippen molar-refractivity contribution in [3.8, 4) is 0 Å². The molecule has 68 heavy (non-hydrogen) atoms. The van der Waals surface area contributed by atoms with Crippen LogP contribution < -0.4 is 0 Å². The van der Waals surface area contributed by atoms with Gasteiger partial charge >= 0.3 is 0 Å². The first-order valence-corrected chi connectivity index (χ1v) is 26.2. The van der Waals surface area contributed by atoms with E-state index in [4.69, 9.17) is 0 Å². The second kappa shape index (κ2) is 21.0. The second-order valence-electron chi connectivity index (χ2n) is 22.4. The summed E-state index contributed by atoms with van der Waals surface area (Å²) in [4.78, 5) is 31.7. The quantitative estimate of drug-likeness (QED) is 0.265. The first-order chi connectivity index (χ1) is 33.1. The van der Waals surface area contributed by atoms with Crippen LogP contribution in [0, 0.1) is 0 Å². The topological polar surface area (TPSA) is 38.9 Å². The van der Waals surface area contributed by atoms with Crippen molar-refractivity contribution >= 4 is 0 Å².